The summed E-state index contributed by atoms with van der Waals surface area (Å²) in [6.07, 6.45) is 2.29. The highest BCUT2D eigenvalue weighted by Gasteiger charge is 2.44. The second kappa shape index (κ2) is 5.29. The van der Waals surface area contributed by atoms with E-state index in [-0.39, 0.29) is 23.8 Å². The average molecular weight is 254 g/mol. The highest BCUT2D eigenvalue weighted by molar-refractivity contribution is 5.97. The summed E-state index contributed by atoms with van der Waals surface area (Å²) < 4.78 is 0. The number of piperazine rings is 1. The minimum atomic E-state index is -0.681. The summed E-state index contributed by atoms with van der Waals surface area (Å²) in [5, 5.41) is 2.88. The highest BCUT2D eigenvalue weighted by Crippen LogP contribution is 2.27. The van der Waals surface area contributed by atoms with Gasteiger partial charge in [0.05, 0.1) is 6.54 Å². The number of rotatable bonds is 5. The van der Waals surface area contributed by atoms with Crippen molar-refractivity contribution in [3.05, 3.63) is 0 Å². The summed E-state index contributed by atoms with van der Waals surface area (Å²) in [5.74, 6) is 0.0406. The quantitative estimate of drug-likeness (QED) is 0.815. The number of carbonyl (C=O) groups excluding carboxylic acids is 2. The molecule has 0 spiro atoms. The van der Waals surface area contributed by atoms with Crippen LogP contribution in [0.5, 0.6) is 0 Å². The Bertz CT molecular complexity index is 333. The third kappa shape index (κ3) is 2.85. The van der Waals surface area contributed by atoms with E-state index in [1.807, 2.05) is 13.8 Å². The molecule has 104 valence electrons. The van der Waals surface area contributed by atoms with Gasteiger partial charge >= 0.3 is 0 Å². The molecular formula is C14H26N2O2. The molecule has 18 heavy (non-hydrogen) atoms. The van der Waals surface area contributed by atoms with Gasteiger partial charge in [-0.2, -0.15) is 0 Å². The van der Waals surface area contributed by atoms with E-state index in [4.69, 9.17) is 0 Å². The first-order chi connectivity index (χ1) is 8.30. The maximum Gasteiger partial charge on any atom is 0.248 e. The van der Waals surface area contributed by atoms with E-state index < -0.39 is 5.54 Å². The average Bonchev–Trinajstić information content (AvgIpc) is 2.33. The number of nitrogens with zero attached hydrogens (tertiary/aromatic N) is 1. The van der Waals surface area contributed by atoms with Gasteiger partial charge in [-0.3, -0.25) is 9.59 Å². The molecule has 0 radical (unpaired) electrons. The summed E-state index contributed by atoms with van der Waals surface area (Å²) in [7, 11) is 0. The van der Waals surface area contributed by atoms with Crippen molar-refractivity contribution in [1.82, 2.24) is 10.2 Å². The van der Waals surface area contributed by atoms with Crippen LogP contribution in [0.25, 0.3) is 0 Å². The molecule has 1 saturated heterocycles. The van der Waals surface area contributed by atoms with Gasteiger partial charge in [0.1, 0.15) is 5.54 Å². The topological polar surface area (TPSA) is 49.4 Å². The molecule has 0 atom stereocenters. The van der Waals surface area contributed by atoms with Crippen LogP contribution in [0.15, 0.2) is 0 Å². The van der Waals surface area contributed by atoms with Gasteiger partial charge in [0.15, 0.2) is 0 Å². The smallest absolute Gasteiger partial charge is 0.248 e. The molecule has 0 bridgehead atoms. The van der Waals surface area contributed by atoms with Crippen molar-refractivity contribution in [2.24, 2.45) is 5.41 Å². The molecule has 1 N–H and O–H groups in total. The lowest BCUT2D eigenvalue weighted by Crippen LogP contribution is -2.67. The van der Waals surface area contributed by atoms with Crippen molar-refractivity contribution < 1.29 is 9.59 Å². The minimum Gasteiger partial charge on any atom is -0.340 e. The molecular weight excluding hydrogens is 228 g/mol. The molecule has 1 heterocycles. The van der Waals surface area contributed by atoms with E-state index in [1.54, 1.807) is 4.90 Å². The van der Waals surface area contributed by atoms with Gasteiger partial charge in [-0.05, 0) is 24.7 Å². The molecule has 0 saturated carbocycles. The molecule has 1 aliphatic heterocycles. The van der Waals surface area contributed by atoms with E-state index in [2.05, 4.69) is 26.1 Å². The minimum absolute atomic E-state index is 0.0368. The van der Waals surface area contributed by atoms with Gasteiger partial charge in [0.25, 0.3) is 0 Å². The summed E-state index contributed by atoms with van der Waals surface area (Å²) in [5.41, 5.74) is -0.625. The third-order valence-corrected chi connectivity index (χ3v) is 4.19. The van der Waals surface area contributed by atoms with E-state index in [1.165, 1.54) is 0 Å². The van der Waals surface area contributed by atoms with Crippen LogP contribution in [-0.4, -0.2) is 35.3 Å². The molecule has 0 aromatic heterocycles. The van der Waals surface area contributed by atoms with Crippen LogP contribution in [0.1, 0.15) is 53.9 Å². The fourth-order valence-electron chi connectivity index (χ4n) is 2.39. The molecule has 4 nitrogen and oxygen atoms in total. The van der Waals surface area contributed by atoms with Crippen molar-refractivity contribution >= 4 is 11.8 Å². The lowest BCUT2D eigenvalue weighted by molar-refractivity contribution is -0.151. The van der Waals surface area contributed by atoms with Crippen molar-refractivity contribution in [2.75, 3.05) is 13.1 Å². The molecule has 0 aliphatic carbocycles. The van der Waals surface area contributed by atoms with Crippen LogP contribution < -0.4 is 5.32 Å². The Hall–Kier alpha value is -1.06. The van der Waals surface area contributed by atoms with Crippen LogP contribution in [-0.2, 0) is 9.59 Å². The number of amides is 2. The first kappa shape index (κ1) is 15.0. The van der Waals surface area contributed by atoms with Crippen LogP contribution in [0.4, 0.5) is 0 Å². The number of carbonyl (C=O) groups is 2. The molecule has 0 aromatic rings. The summed E-state index contributed by atoms with van der Waals surface area (Å²) >= 11 is 0. The zero-order valence-electron chi connectivity index (χ0n) is 12.3. The van der Waals surface area contributed by atoms with E-state index in [0.29, 0.717) is 19.4 Å². The number of hydrogen-bond acceptors (Lipinski definition) is 2. The molecule has 4 heteroatoms. The van der Waals surface area contributed by atoms with Crippen LogP contribution >= 0.6 is 0 Å². The molecule has 0 aromatic carbocycles. The Morgan fingerprint density at radius 2 is 1.78 bits per heavy atom. The Morgan fingerprint density at radius 3 is 2.22 bits per heavy atom. The lowest BCUT2D eigenvalue weighted by atomic mass is 9.85. The molecule has 1 aliphatic rings. The molecule has 1 rings (SSSR count). The maximum absolute atomic E-state index is 12.6. The Morgan fingerprint density at radius 1 is 1.22 bits per heavy atom. The number of nitrogens with one attached hydrogen (secondary N) is 1. The van der Waals surface area contributed by atoms with Gasteiger partial charge in [-0.25, -0.2) is 0 Å². The van der Waals surface area contributed by atoms with E-state index in [9.17, 15) is 9.59 Å². The predicted molar refractivity (Wildman–Crippen MR) is 72.1 cm³/mol. The highest BCUT2D eigenvalue weighted by atomic mass is 16.2. The van der Waals surface area contributed by atoms with Crippen LogP contribution in [0, 0.1) is 5.41 Å². The maximum atomic E-state index is 12.6. The van der Waals surface area contributed by atoms with Crippen LogP contribution in [0.3, 0.4) is 0 Å². The van der Waals surface area contributed by atoms with Gasteiger partial charge < -0.3 is 10.2 Å². The third-order valence-electron chi connectivity index (χ3n) is 4.19. The summed E-state index contributed by atoms with van der Waals surface area (Å²) in [4.78, 5) is 26.1. The van der Waals surface area contributed by atoms with Crippen molar-refractivity contribution in [3.8, 4) is 0 Å². The number of hydrogen-bond donors (Lipinski definition) is 1. The van der Waals surface area contributed by atoms with Gasteiger partial charge in [0, 0.05) is 6.54 Å². The van der Waals surface area contributed by atoms with E-state index in [0.717, 1.165) is 6.42 Å². The normalized spacial score (nSPS) is 19.9. The Labute approximate surface area is 110 Å². The van der Waals surface area contributed by atoms with Crippen molar-refractivity contribution in [1.29, 1.82) is 0 Å². The monoisotopic (exact) mass is 254 g/mol. The first-order valence-corrected chi connectivity index (χ1v) is 6.90. The zero-order valence-corrected chi connectivity index (χ0v) is 12.3. The second-order valence-electron chi connectivity index (χ2n) is 6.02. The van der Waals surface area contributed by atoms with Gasteiger partial charge in [-0.1, -0.05) is 34.6 Å². The zero-order chi connectivity index (χ0) is 14.0. The molecule has 0 unspecified atom stereocenters. The summed E-state index contributed by atoms with van der Waals surface area (Å²) in [6.45, 7) is 11.1. The molecule has 1 fully saturated rings. The standard InChI is InChI=1S/C14H26N2O2/c1-6-13(4,5)10-16-9-11(17)15-14(7-2,8-3)12(16)18/h6-10H2,1-5H3,(H,15,17). The SMILES string of the molecule is CCC(C)(C)CN1CC(=O)NC(CC)(CC)C1=O. The van der Waals surface area contributed by atoms with Crippen LogP contribution in [0.2, 0.25) is 0 Å². The fourth-order valence-corrected chi connectivity index (χ4v) is 2.39. The van der Waals surface area contributed by atoms with Gasteiger partial charge in [-0.15, -0.1) is 0 Å². The first-order valence-electron chi connectivity index (χ1n) is 6.90. The Balaban J connectivity index is 2.93. The van der Waals surface area contributed by atoms with E-state index >= 15 is 0 Å². The van der Waals surface area contributed by atoms with Crippen molar-refractivity contribution in [3.63, 3.8) is 0 Å². The van der Waals surface area contributed by atoms with Gasteiger partial charge in [0.2, 0.25) is 11.8 Å². The molecule has 2 amide bonds. The fraction of sp³-hybridized carbons (Fsp3) is 0.857. The second-order valence-corrected chi connectivity index (χ2v) is 6.02. The Kier molecular flexibility index (Phi) is 4.41. The largest absolute Gasteiger partial charge is 0.340 e. The summed E-state index contributed by atoms with van der Waals surface area (Å²) in [6, 6.07) is 0. The predicted octanol–water partition coefficient (Wildman–Crippen LogP) is 1.94. The van der Waals surface area contributed by atoms with Crippen molar-refractivity contribution in [2.45, 2.75) is 59.4 Å². The lowest BCUT2D eigenvalue weighted by Gasteiger charge is -2.43.